The van der Waals surface area contributed by atoms with Gasteiger partial charge in [-0.2, -0.15) is 0 Å². The summed E-state index contributed by atoms with van der Waals surface area (Å²) in [5, 5.41) is 0. The molecule has 1 aliphatic carbocycles. The molecule has 0 spiro atoms. The van der Waals surface area contributed by atoms with E-state index in [1.807, 2.05) is 12.1 Å². The maximum atomic E-state index is 15.9. The van der Waals surface area contributed by atoms with Crippen molar-refractivity contribution in [3.63, 3.8) is 0 Å². The number of anilines is 1. The minimum atomic E-state index is -3.52. The molecule has 0 N–H and O–H groups in total. The largest absolute Gasteiger partial charge is 0.354 e. The van der Waals surface area contributed by atoms with Gasteiger partial charge in [-0.3, -0.25) is 0 Å². The SMILES string of the molecule is CCN1CCN(c2ccc3c(n2)c(-c2cncnc2)cn3-c2c(F)ccc(CS(=O)(=O)CC3CC3)c2F)CC1. The third kappa shape index (κ3) is 5.25. The van der Waals surface area contributed by atoms with Crippen LogP contribution < -0.4 is 4.90 Å². The highest BCUT2D eigenvalue weighted by Crippen LogP contribution is 2.36. The fraction of sp³-hybridized carbons (Fsp3) is 0.393. The number of pyridine rings is 1. The first kappa shape index (κ1) is 25.8. The molecular formula is C28H30F2N6O2S. The van der Waals surface area contributed by atoms with Crippen molar-refractivity contribution in [2.45, 2.75) is 25.5 Å². The lowest BCUT2D eigenvalue weighted by Gasteiger charge is -2.34. The van der Waals surface area contributed by atoms with E-state index >= 15 is 8.78 Å². The van der Waals surface area contributed by atoms with Crippen molar-refractivity contribution in [3.8, 4) is 16.8 Å². The molecule has 0 radical (unpaired) electrons. The zero-order chi connectivity index (χ0) is 27.1. The molecule has 4 heterocycles. The minimum absolute atomic E-state index is 0.0307. The average molecular weight is 553 g/mol. The molecule has 6 rings (SSSR count). The molecule has 1 aromatic carbocycles. The molecule has 11 heteroatoms. The highest BCUT2D eigenvalue weighted by atomic mass is 32.2. The number of rotatable bonds is 8. The number of halogens is 2. The smallest absolute Gasteiger partial charge is 0.154 e. The maximum Gasteiger partial charge on any atom is 0.154 e. The zero-order valence-corrected chi connectivity index (χ0v) is 22.5. The summed E-state index contributed by atoms with van der Waals surface area (Å²) in [6.07, 6.45) is 8.06. The van der Waals surface area contributed by atoms with E-state index in [1.54, 1.807) is 18.6 Å². The van der Waals surface area contributed by atoms with Crippen molar-refractivity contribution < 1.29 is 17.2 Å². The molecule has 204 valence electrons. The van der Waals surface area contributed by atoms with Crippen molar-refractivity contribution in [2.24, 2.45) is 5.92 Å². The summed E-state index contributed by atoms with van der Waals surface area (Å²) in [5.74, 6) is -1.18. The van der Waals surface area contributed by atoms with Gasteiger partial charge in [0, 0.05) is 61.5 Å². The lowest BCUT2D eigenvalue weighted by Crippen LogP contribution is -2.46. The van der Waals surface area contributed by atoms with Gasteiger partial charge in [0.25, 0.3) is 0 Å². The molecule has 8 nitrogen and oxygen atoms in total. The first-order chi connectivity index (χ1) is 18.8. The second-order valence-electron chi connectivity index (χ2n) is 10.4. The molecule has 1 saturated heterocycles. The van der Waals surface area contributed by atoms with Crippen LogP contribution in [0, 0.1) is 17.6 Å². The van der Waals surface area contributed by atoms with Crippen LogP contribution in [0.15, 0.2) is 49.2 Å². The highest BCUT2D eigenvalue weighted by molar-refractivity contribution is 7.90. The summed E-state index contributed by atoms with van der Waals surface area (Å²) in [7, 11) is -3.52. The number of benzene rings is 1. The molecule has 4 aromatic rings. The normalized spacial score (nSPS) is 16.7. The first-order valence-corrected chi connectivity index (χ1v) is 15.1. The Morgan fingerprint density at radius 1 is 1.00 bits per heavy atom. The quantitative estimate of drug-likeness (QED) is 0.324. The Bertz CT molecular complexity index is 1610. The molecule has 0 bridgehead atoms. The van der Waals surface area contributed by atoms with Crippen LogP contribution in [0.5, 0.6) is 0 Å². The van der Waals surface area contributed by atoms with Crippen molar-refractivity contribution in [3.05, 3.63) is 66.4 Å². The molecule has 0 atom stereocenters. The topological polar surface area (TPSA) is 84.2 Å². The van der Waals surface area contributed by atoms with Crippen LogP contribution in [0.25, 0.3) is 27.8 Å². The maximum absolute atomic E-state index is 15.9. The van der Waals surface area contributed by atoms with Crippen LogP contribution in [0.1, 0.15) is 25.3 Å². The lowest BCUT2D eigenvalue weighted by atomic mass is 10.1. The minimum Gasteiger partial charge on any atom is -0.354 e. The highest BCUT2D eigenvalue weighted by Gasteiger charge is 2.30. The van der Waals surface area contributed by atoms with E-state index in [0.29, 0.717) is 22.2 Å². The second-order valence-corrected chi connectivity index (χ2v) is 12.5. The van der Waals surface area contributed by atoms with E-state index in [0.717, 1.165) is 57.4 Å². The summed E-state index contributed by atoms with van der Waals surface area (Å²) in [6.45, 7) is 6.67. The Kier molecular flexibility index (Phi) is 6.80. The fourth-order valence-corrected chi connectivity index (χ4v) is 7.12. The number of hydrogen-bond acceptors (Lipinski definition) is 7. The zero-order valence-electron chi connectivity index (χ0n) is 21.7. The van der Waals surface area contributed by atoms with Crippen molar-refractivity contribution in [1.29, 1.82) is 0 Å². The van der Waals surface area contributed by atoms with Crippen LogP contribution in [0.2, 0.25) is 0 Å². The summed E-state index contributed by atoms with van der Waals surface area (Å²) >= 11 is 0. The molecule has 39 heavy (non-hydrogen) atoms. The Balaban J connectivity index is 1.45. The monoisotopic (exact) mass is 552 g/mol. The van der Waals surface area contributed by atoms with Crippen LogP contribution in [0.3, 0.4) is 0 Å². The lowest BCUT2D eigenvalue weighted by molar-refractivity contribution is 0.270. The van der Waals surface area contributed by atoms with Crippen molar-refractivity contribution in [1.82, 2.24) is 24.4 Å². The summed E-state index contributed by atoms with van der Waals surface area (Å²) in [6, 6.07) is 6.03. The molecule has 3 aromatic heterocycles. The Morgan fingerprint density at radius 2 is 1.74 bits per heavy atom. The Labute approximate surface area is 226 Å². The molecule has 1 saturated carbocycles. The third-order valence-electron chi connectivity index (χ3n) is 7.60. The number of hydrogen-bond donors (Lipinski definition) is 0. The molecule has 1 aliphatic heterocycles. The van der Waals surface area contributed by atoms with E-state index in [4.69, 9.17) is 4.98 Å². The number of nitrogens with zero attached hydrogens (tertiary/aromatic N) is 6. The summed E-state index contributed by atoms with van der Waals surface area (Å²) in [4.78, 5) is 17.8. The van der Waals surface area contributed by atoms with Gasteiger partial charge >= 0.3 is 0 Å². The number of piperazine rings is 1. The molecule has 0 amide bonds. The predicted molar refractivity (Wildman–Crippen MR) is 147 cm³/mol. The van der Waals surface area contributed by atoms with Crippen LogP contribution in [0.4, 0.5) is 14.6 Å². The van der Waals surface area contributed by atoms with Gasteiger partial charge in [0.1, 0.15) is 23.6 Å². The Hall–Kier alpha value is -3.44. The number of sulfone groups is 1. The van der Waals surface area contributed by atoms with Gasteiger partial charge in [0.15, 0.2) is 15.7 Å². The van der Waals surface area contributed by atoms with Crippen LogP contribution in [-0.4, -0.2) is 71.3 Å². The Morgan fingerprint density at radius 3 is 2.44 bits per heavy atom. The van der Waals surface area contributed by atoms with E-state index in [2.05, 4.69) is 26.7 Å². The van der Waals surface area contributed by atoms with E-state index in [-0.39, 0.29) is 22.9 Å². The standard InChI is InChI=1S/C28H30F2N6O2S/c1-2-34-9-11-35(12-10-34)25-8-7-24-27(33-25)22(21-13-31-18-32-14-21)15-36(24)28-23(29)6-5-20(26(28)30)17-39(37,38)16-19-3-4-19/h5-8,13-15,18-19H,2-4,9-12,16-17H2,1H3. The van der Waals surface area contributed by atoms with E-state index in [9.17, 15) is 8.42 Å². The second kappa shape index (κ2) is 10.3. The van der Waals surface area contributed by atoms with Gasteiger partial charge in [-0.25, -0.2) is 32.2 Å². The van der Waals surface area contributed by atoms with Gasteiger partial charge in [0.2, 0.25) is 0 Å². The van der Waals surface area contributed by atoms with Gasteiger partial charge in [-0.15, -0.1) is 0 Å². The molecule has 2 fully saturated rings. The molecule has 2 aliphatic rings. The number of fused-ring (bicyclic) bond motifs is 1. The van der Waals surface area contributed by atoms with Crippen molar-refractivity contribution >= 4 is 26.7 Å². The van der Waals surface area contributed by atoms with Crippen LogP contribution >= 0.6 is 0 Å². The predicted octanol–water partition coefficient (Wildman–Crippen LogP) is 4.23. The van der Waals surface area contributed by atoms with Gasteiger partial charge in [-0.1, -0.05) is 13.0 Å². The van der Waals surface area contributed by atoms with Crippen molar-refractivity contribution in [2.75, 3.05) is 43.4 Å². The van der Waals surface area contributed by atoms with Gasteiger partial charge < -0.3 is 14.4 Å². The first-order valence-electron chi connectivity index (χ1n) is 13.3. The van der Waals surface area contributed by atoms with Gasteiger partial charge in [-0.05, 0) is 43.5 Å². The fourth-order valence-electron chi connectivity index (χ4n) is 5.25. The third-order valence-corrected chi connectivity index (χ3v) is 9.33. The molecule has 0 unspecified atom stereocenters. The summed E-state index contributed by atoms with van der Waals surface area (Å²) in [5.41, 5.74) is 1.98. The summed E-state index contributed by atoms with van der Waals surface area (Å²) < 4.78 is 57.9. The van der Waals surface area contributed by atoms with E-state index < -0.39 is 27.2 Å². The molecular weight excluding hydrogens is 522 g/mol. The van der Waals surface area contributed by atoms with Crippen LogP contribution in [-0.2, 0) is 15.6 Å². The average Bonchev–Trinajstić information content (AvgIpc) is 3.67. The van der Waals surface area contributed by atoms with E-state index in [1.165, 1.54) is 17.0 Å². The number of likely N-dealkylation sites (N-methyl/N-ethyl adjacent to an activating group) is 1. The number of aromatic nitrogens is 4. The van der Waals surface area contributed by atoms with Gasteiger partial charge in [0.05, 0.1) is 22.5 Å².